The smallest absolute Gasteiger partial charge is 0.322 e. The van der Waals surface area contributed by atoms with E-state index in [-0.39, 0.29) is 6.03 Å². The molecule has 0 aliphatic carbocycles. The Balaban J connectivity index is 1.86. The molecular formula is C16H23N3O2. The van der Waals surface area contributed by atoms with Crippen LogP contribution in [0.3, 0.4) is 0 Å². The molecule has 0 radical (unpaired) electrons. The quantitative estimate of drug-likeness (QED) is 0.879. The van der Waals surface area contributed by atoms with Gasteiger partial charge in [0.1, 0.15) is 5.75 Å². The maximum atomic E-state index is 12.5. The van der Waals surface area contributed by atoms with E-state index in [0.717, 1.165) is 49.5 Å². The number of ether oxygens (including phenoxy) is 1. The summed E-state index contributed by atoms with van der Waals surface area (Å²) in [5.41, 5.74) is 2.06. The fourth-order valence-electron chi connectivity index (χ4n) is 3.29. The number of urea groups is 1. The van der Waals surface area contributed by atoms with Crippen LogP contribution in [0.4, 0.5) is 10.5 Å². The normalized spacial score (nSPS) is 23.2. The zero-order chi connectivity index (χ0) is 14.8. The molecule has 2 aliphatic heterocycles. The van der Waals surface area contributed by atoms with Gasteiger partial charge in [-0.05, 0) is 49.7 Å². The third kappa shape index (κ3) is 2.83. The molecule has 114 valence electrons. The number of carbonyl (C=O) groups excluding carboxylic acids is 1. The first kappa shape index (κ1) is 14.2. The number of hydrogen-bond donors (Lipinski definition) is 2. The highest BCUT2D eigenvalue weighted by molar-refractivity contribution is 5.91. The van der Waals surface area contributed by atoms with Gasteiger partial charge in [-0.15, -0.1) is 0 Å². The van der Waals surface area contributed by atoms with E-state index in [2.05, 4.69) is 17.6 Å². The summed E-state index contributed by atoms with van der Waals surface area (Å²) in [6, 6.07) is 6.23. The lowest BCUT2D eigenvalue weighted by Gasteiger charge is -2.34. The molecular weight excluding hydrogens is 266 g/mol. The average molecular weight is 289 g/mol. The molecule has 1 unspecified atom stereocenters. The third-order valence-corrected chi connectivity index (χ3v) is 4.51. The number of fused-ring (bicyclic) bond motifs is 1. The van der Waals surface area contributed by atoms with Crippen LogP contribution in [0.25, 0.3) is 0 Å². The molecule has 1 aromatic rings. The van der Waals surface area contributed by atoms with Gasteiger partial charge in [0, 0.05) is 24.2 Å². The molecule has 0 saturated carbocycles. The predicted octanol–water partition coefficient (Wildman–Crippen LogP) is 2.40. The first-order valence-electron chi connectivity index (χ1n) is 7.65. The fraction of sp³-hybridized carbons (Fsp3) is 0.562. The van der Waals surface area contributed by atoms with Crippen molar-refractivity contribution in [2.75, 3.05) is 32.1 Å². The lowest BCUT2D eigenvalue weighted by Crippen LogP contribution is -2.48. The van der Waals surface area contributed by atoms with Crippen molar-refractivity contribution in [3.63, 3.8) is 0 Å². The summed E-state index contributed by atoms with van der Waals surface area (Å²) in [4.78, 5) is 14.6. The van der Waals surface area contributed by atoms with Gasteiger partial charge in [0.2, 0.25) is 0 Å². The molecule has 0 bridgehead atoms. The summed E-state index contributed by atoms with van der Waals surface area (Å²) < 4.78 is 5.30. The Morgan fingerprint density at radius 2 is 2.05 bits per heavy atom. The molecule has 0 aromatic heterocycles. The van der Waals surface area contributed by atoms with Gasteiger partial charge in [0.25, 0.3) is 0 Å². The number of rotatable bonds is 2. The number of methoxy groups -OCH3 is 1. The van der Waals surface area contributed by atoms with Crippen molar-refractivity contribution >= 4 is 11.7 Å². The van der Waals surface area contributed by atoms with E-state index >= 15 is 0 Å². The molecule has 2 heterocycles. The molecule has 0 spiro atoms. The highest BCUT2D eigenvalue weighted by Gasteiger charge is 2.30. The first-order chi connectivity index (χ1) is 10.2. The lowest BCUT2D eigenvalue weighted by molar-refractivity contribution is 0.168. The molecule has 21 heavy (non-hydrogen) atoms. The molecule has 5 nitrogen and oxygen atoms in total. The Kier molecular flexibility index (Phi) is 4.01. The van der Waals surface area contributed by atoms with E-state index in [4.69, 9.17) is 4.74 Å². The Hall–Kier alpha value is -1.75. The highest BCUT2D eigenvalue weighted by atomic mass is 16.5. The second-order valence-electron chi connectivity index (χ2n) is 5.92. The van der Waals surface area contributed by atoms with Crippen LogP contribution in [0.2, 0.25) is 0 Å². The average Bonchev–Trinajstić information content (AvgIpc) is 2.64. The van der Waals surface area contributed by atoms with Crippen LogP contribution in [0.5, 0.6) is 5.75 Å². The number of nitrogens with zero attached hydrogens (tertiary/aromatic N) is 1. The van der Waals surface area contributed by atoms with E-state index < -0.39 is 0 Å². The molecule has 2 N–H and O–H groups in total. The molecule has 1 aromatic carbocycles. The summed E-state index contributed by atoms with van der Waals surface area (Å²) in [6.07, 6.45) is 2.06. The van der Waals surface area contributed by atoms with E-state index in [1.165, 1.54) is 0 Å². The Morgan fingerprint density at radius 1 is 1.29 bits per heavy atom. The number of piperidine rings is 1. The molecule has 5 heteroatoms. The fourth-order valence-corrected chi connectivity index (χ4v) is 3.29. The van der Waals surface area contributed by atoms with E-state index in [0.29, 0.717) is 12.0 Å². The Bertz CT molecular complexity index is 526. The summed E-state index contributed by atoms with van der Waals surface area (Å²) in [7, 11) is 1.67. The van der Waals surface area contributed by atoms with Crippen molar-refractivity contribution < 1.29 is 9.53 Å². The first-order valence-corrected chi connectivity index (χ1v) is 7.65. The van der Waals surface area contributed by atoms with Crippen molar-refractivity contribution in [3.05, 3.63) is 23.8 Å². The van der Waals surface area contributed by atoms with Gasteiger partial charge in [-0.3, -0.25) is 0 Å². The van der Waals surface area contributed by atoms with Crippen molar-refractivity contribution in [2.24, 2.45) is 0 Å². The number of carbonyl (C=O) groups is 1. The van der Waals surface area contributed by atoms with E-state index in [1.807, 2.05) is 23.1 Å². The number of hydrogen-bond acceptors (Lipinski definition) is 3. The van der Waals surface area contributed by atoms with E-state index in [1.54, 1.807) is 7.11 Å². The summed E-state index contributed by atoms with van der Waals surface area (Å²) >= 11 is 0. The molecule has 3 rings (SSSR count). The molecule has 1 atom stereocenters. The molecule has 2 amide bonds. The number of benzene rings is 1. The largest absolute Gasteiger partial charge is 0.497 e. The maximum absolute atomic E-state index is 12.5. The minimum Gasteiger partial charge on any atom is -0.497 e. The minimum atomic E-state index is 0.0256. The topological polar surface area (TPSA) is 53.6 Å². The van der Waals surface area contributed by atoms with Crippen LogP contribution in [-0.4, -0.2) is 43.7 Å². The molecule has 1 saturated heterocycles. The van der Waals surface area contributed by atoms with Crippen LogP contribution in [-0.2, 0) is 0 Å². The van der Waals surface area contributed by atoms with Crippen LogP contribution in [0.15, 0.2) is 18.2 Å². The maximum Gasteiger partial charge on any atom is 0.322 e. The summed E-state index contributed by atoms with van der Waals surface area (Å²) in [6.45, 7) is 4.91. The van der Waals surface area contributed by atoms with Gasteiger partial charge in [0.15, 0.2) is 0 Å². The molecule has 2 aliphatic rings. The Labute approximate surface area is 125 Å². The summed E-state index contributed by atoms with van der Waals surface area (Å²) in [5, 5.41) is 6.42. The van der Waals surface area contributed by atoms with Crippen molar-refractivity contribution in [2.45, 2.75) is 31.7 Å². The summed E-state index contributed by atoms with van der Waals surface area (Å²) in [5.74, 6) is 1.13. The second-order valence-corrected chi connectivity index (χ2v) is 5.92. The van der Waals surface area contributed by atoms with Gasteiger partial charge >= 0.3 is 6.03 Å². The van der Waals surface area contributed by atoms with Crippen LogP contribution < -0.4 is 15.4 Å². The predicted molar refractivity (Wildman–Crippen MR) is 83.0 cm³/mol. The molecule has 1 fully saturated rings. The van der Waals surface area contributed by atoms with Gasteiger partial charge in [0.05, 0.1) is 7.11 Å². The van der Waals surface area contributed by atoms with E-state index in [9.17, 15) is 4.79 Å². The number of nitrogens with one attached hydrogen (secondary N) is 2. The van der Waals surface area contributed by atoms with Crippen molar-refractivity contribution in [3.8, 4) is 5.75 Å². The lowest BCUT2D eigenvalue weighted by atomic mass is 9.97. The zero-order valence-corrected chi connectivity index (χ0v) is 12.7. The van der Waals surface area contributed by atoms with Crippen molar-refractivity contribution in [1.29, 1.82) is 0 Å². The standard InChI is InChI=1S/C16H23N3O2/c1-11-10-19(12-5-7-17-8-6-12)16(20)18-15-4-3-13(21-2)9-14(11)15/h3-4,9,11-12,17H,5-8,10H2,1-2H3,(H,18,20). The monoisotopic (exact) mass is 289 g/mol. The van der Waals surface area contributed by atoms with Gasteiger partial charge in [-0.1, -0.05) is 6.92 Å². The van der Waals surface area contributed by atoms with Gasteiger partial charge < -0.3 is 20.3 Å². The SMILES string of the molecule is COc1ccc2c(c1)C(C)CN(C1CCNCC1)C(=O)N2. The van der Waals surface area contributed by atoms with Crippen LogP contribution in [0.1, 0.15) is 31.2 Å². The third-order valence-electron chi connectivity index (χ3n) is 4.51. The Morgan fingerprint density at radius 3 is 2.76 bits per heavy atom. The van der Waals surface area contributed by atoms with Crippen LogP contribution >= 0.6 is 0 Å². The highest BCUT2D eigenvalue weighted by Crippen LogP contribution is 2.33. The van der Waals surface area contributed by atoms with Crippen LogP contribution in [0, 0.1) is 0 Å². The zero-order valence-electron chi connectivity index (χ0n) is 12.7. The second kappa shape index (κ2) is 5.93. The number of anilines is 1. The van der Waals surface area contributed by atoms with Gasteiger partial charge in [-0.2, -0.15) is 0 Å². The van der Waals surface area contributed by atoms with Crippen molar-refractivity contribution in [1.82, 2.24) is 10.2 Å². The number of amides is 2. The van der Waals surface area contributed by atoms with Gasteiger partial charge in [-0.25, -0.2) is 4.79 Å². The minimum absolute atomic E-state index is 0.0256.